The molecular formula is C56H82O10. The van der Waals surface area contributed by atoms with Crippen LogP contribution in [-0.4, -0.2) is 67.7 Å². The van der Waals surface area contributed by atoms with Crippen LogP contribution in [0.4, 0.5) is 0 Å². The molecule has 0 spiro atoms. The summed E-state index contributed by atoms with van der Waals surface area (Å²) in [6.07, 6.45) is 29.6. The van der Waals surface area contributed by atoms with Crippen LogP contribution in [0.1, 0.15) is 186 Å². The van der Waals surface area contributed by atoms with Crippen LogP contribution in [-0.2, 0) is 48.4 Å². The van der Waals surface area contributed by atoms with Gasteiger partial charge < -0.3 is 32.8 Å². The minimum Gasteiger partial charge on any atom is -0.465 e. The average molecular weight is 915 g/mol. The van der Waals surface area contributed by atoms with Crippen molar-refractivity contribution in [3.63, 3.8) is 0 Å². The van der Waals surface area contributed by atoms with Gasteiger partial charge in [-0.25, -0.2) is 14.4 Å². The number of rotatable bonds is 19. The van der Waals surface area contributed by atoms with Crippen LogP contribution in [0.2, 0.25) is 0 Å². The second kappa shape index (κ2) is 22.5. The number of methoxy groups -OCH3 is 1. The van der Waals surface area contributed by atoms with Gasteiger partial charge in [-0.2, -0.15) is 0 Å². The molecule has 1 aromatic heterocycles. The molecule has 10 nitrogen and oxygen atoms in total. The summed E-state index contributed by atoms with van der Waals surface area (Å²) in [4.78, 5) is 41.8. The first-order valence-electron chi connectivity index (χ1n) is 26.6. The SMILES string of the molecule is C=CC(=O)OC(C1CCCCC1)(C1CCCC(CC(=C)C(=O)OC(c2ccco2)(C2CCCCC2)C2CCC(CC(=C)C(=O)OC3(C4CCC(COC)O4)CCCC3)CC2)C1)C1CCCO1. The van der Waals surface area contributed by atoms with Gasteiger partial charge in [-0.15, -0.1) is 0 Å². The summed E-state index contributed by atoms with van der Waals surface area (Å²) in [5, 5.41) is 0. The van der Waals surface area contributed by atoms with Crippen LogP contribution in [0.3, 0.4) is 0 Å². The standard InChI is InChI=1S/C56H82O10/c1-5-51(57)64-56(50-24-16-34-62-50,44-20-10-7-11-21-44)46-22-14-17-42(37-46)36-40(3)53(59)66-55(49-23-15-33-61-49,43-18-8-6-9-19-43)45-27-25-41(26-28-45)35-39(2)52(58)65-54(31-12-13-32-54)48-30-29-47(63-48)38-60-4/h5,15,23,33,41-48,50H,1-3,6-14,16-22,24-32,34-38H2,4H3. The molecule has 66 heavy (non-hydrogen) atoms. The normalized spacial score (nSPS) is 31.6. The molecule has 10 heteroatoms. The molecule has 7 unspecified atom stereocenters. The van der Waals surface area contributed by atoms with Crippen molar-refractivity contribution in [2.45, 2.75) is 215 Å². The van der Waals surface area contributed by atoms with Crippen molar-refractivity contribution in [2.75, 3.05) is 20.3 Å². The zero-order valence-electron chi connectivity index (χ0n) is 40.4. The van der Waals surface area contributed by atoms with Crippen molar-refractivity contribution >= 4 is 17.9 Å². The van der Waals surface area contributed by atoms with Gasteiger partial charge in [-0.1, -0.05) is 71.1 Å². The Morgan fingerprint density at radius 3 is 2.03 bits per heavy atom. The molecule has 2 saturated heterocycles. The minimum atomic E-state index is -0.911. The maximum absolute atomic E-state index is 14.8. The summed E-state index contributed by atoms with van der Waals surface area (Å²) >= 11 is 0. The molecule has 0 amide bonds. The van der Waals surface area contributed by atoms with E-state index < -0.39 is 16.8 Å². The molecular weight excluding hydrogens is 833 g/mol. The van der Waals surface area contributed by atoms with E-state index in [1.807, 2.05) is 12.1 Å². The molecule has 5 saturated carbocycles. The topological polar surface area (TPSA) is 120 Å². The maximum atomic E-state index is 14.8. The molecule has 366 valence electrons. The molecule has 0 aromatic carbocycles. The third-order valence-corrected chi connectivity index (χ3v) is 17.8. The number of carbonyl (C=O) groups is 3. The van der Waals surface area contributed by atoms with Gasteiger partial charge >= 0.3 is 17.9 Å². The minimum absolute atomic E-state index is 0.0455. The molecule has 3 heterocycles. The van der Waals surface area contributed by atoms with Crippen molar-refractivity contribution in [2.24, 2.45) is 35.5 Å². The highest BCUT2D eigenvalue weighted by molar-refractivity contribution is 5.88. The van der Waals surface area contributed by atoms with Crippen LogP contribution in [0, 0.1) is 35.5 Å². The van der Waals surface area contributed by atoms with Crippen molar-refractivity contribution in [1.82, 2.24) is 0 Å². The summed E-state index contributed by atoms with van der Waals surface area (Å²) in [5.41, 5.74) is -1.14. The first kappa shape index (κ1) is 49.2. The molecule has 5 aliphatic carbocycles. The van der Waals surface area contributed by atoms with E-state index in [0.29, 0.717) is 37.2 Å². The number of carbonyl (C=O) groups excluding carboxylic acids is 3. The third-order valence-electron chi connectivity index (χ3n) is 17.8. The quantitative estimate of drug-likeness (QED) is 0.0753. The van der Waals surface area contributed by atoms with Crippen LogP contribution in [0.25, 0.3) is 0 Å². The van der Waals surface area contributed by atoms with Gasteiger partial charge in [0.25, 0.3) is 0 Å². The summed E-state index contributed by atoms with van der Waals surface area (Å²) in [5.74, 6) is 0.827. The highest BCUT2D eigenvalue weighted by Crippen LogP contribution is 2.55. The number of hydrogen-bond acceptors (Lipinski definition) is 10. The number of furan rings is 1. The number of ether oxygens (including phenoxy) is 6. The van der Waals surface area contributed by atoms with E-state index in [2.05, 4.69) is 19.7 Å². The first-order valence-corrected chi connectivity index (χ1v) is 26.6. The monoisotopic (exact) mass is 915 g/mol. The van der Waals surface area contributed by atoms with Gasteiger partial charge in [0.05, 0.1) is 31.2 Å². The molecule has 7 aliphatic rings. The summed E-state index contributed by atoms with van der Waals surface area (Å²) in [6, 6.07) is 3.95. The molecule has 0 radical (unpaired) electrons. The highest BCUT2D eigenvalue weighted by atomic mass is 16.6. The molecule has 8 rings (SSSR count). The largest absolute Gasteiger partial charge is 0.465 e. The van der Waals surface area contributed by atoms with Crippen molar-refractivity contribution in [3.8, 4) is 0 Å². The zero-order valence-corrected chi connectivity index (χ0v) is 40.4. The van der Waals surface area contributed by atoms with Crippen molar-refractivity contribution in [3.05, 3.63) is 61.1 Å². The van der Waals surface area contributed by atoms with Gasteiger partial charge in [-0.05, 0) is 152 Å². The van der Waals surface area contributed by atoms with E-state index in [4.69, 9.17) is 32.8 Å². The second-order valence-corrected chi connectivity index (χ2v) is 21.8. The Labute approximate surface area is 395 Å². The van der Waals surface area contributed by atoms with Crippen LogP contribution < -0.4 is 0 Å². The lowest BCUT2D eigenvalue weighted by atomic mass is 9.61. The van der Waals surface area contributed by atoms with Crippen molar-refractivity contribution in [1.29, 1.82) is 0 Å². The Morgan fingerprint density at radius 2 is 1.38 bits per heavy atom. The van der Waals surface area contributed by atoms with Crippen molar-refractivity contribution < 1.29 is 47.2 Å². The average Bonchev–Trinajstić information content (AvgIpc) is 4.21. The Morgan fingerprint density at radius 1 is 0.712 bits per heavy atom. The third kappa shape index (κ3) is 10.7. The summed E-state index contributed by atoms with van der Waals surface area (Å²) < 4.78 is 44.7. The lowest BCUT2D eigenvalue weighted by Crippen LogP contribution is -2.58. The lowest BCUT2D eigenvalue weighted by molar-refractivity contribution is -0.206. The second-order valence-electron chi connectivity index (χ2n) is 21.8. The van der Waals surface area contributed by atoms with E-state index in [1.165, 1.54) is 18.9 Å². The number of hydrogen-bond donors (Lipinski definition) is 0. The van der Waals surface area contributed by atoms with E-state index in [0.717, 1.165) is 160 Å². The van der Waals surface area contributed by atoms with Gasteiger partial charge in [0.2, 0.25) is 0 Å². The van der Waals surface area contributed by atoms with Gasteiger partial charge in [-0.3, -0.25) is 0 Å². The fourth-order valence-electron chi connectivity index (χ4n) is 14.7. The Bertz CT molecular complexity index is 1790. The fraction of sp³-hybridized carbons (Fsp3) is 0.768. The molecule has 7 fully saturated rings. The zero-order chi connectivity index (χ0) is 46.2. The molecule has 0 bridgehead atoms. The van der Waals surface area contributed by atoms with Gasteiger partial charge in [0.1, 0.15) is 17.0 Å². The van der Waals surface area contributed by atoms with E-state index in [9.17, 15) is 14.4 Å². The fourth-order valence-corrected chi connectivity index (χ4v) is 14.7. The van der Waals surface area contributed by atoms with Gasteiger partial charge in [0.15, 0.2) is 5.60 Å². The van der Waals surface area contributed by atoms with E-state index >= 15 is 0 Å². The highest BCUT2D eigenvalue weighted by Gasteiger charge is 2.57. The van der Waals surface area contributed by atoms with Crippen LogP contribution >= 0.6 is 0 Å². The smallest absolute Gasteiger partial charge is 0.334 e. The van der Waals surface area contributed by atoms with Gasteiger partial charge in [0, 0.05) is 54.6 Å². The summed E-state index contributed by atoms with van der Waals surface area (Å²) in [7, 11) is 1.70. The molecule has 7 atom stereocenters. The summed E-state index contributed by atoms with van der Waals surface area (Å²) in [6.45, 7) is 13.8. The molecule has 2 aliphatic heterocycles. The Hall–Kier alpha value is -3.21. The Kier molecular flexibility index (Phi) is 16.8. The number of esters is 3. The molecule has 0 N–H and O–H groups in total. The molecule has 1 aromatic rings. The van der Waals surface area contributed by atoms with Crippen LogP contribution in [0.15, 0.2) is 59.8 Å². The van der Waals surface area contributed by atoms with E-state index in [-0.39, 0.29) is 71.7 Å². The van der Waals surface area contributed by atoms with Crippen LogP contribution in [0.5, 0.6) is 0 Å². The Balaban J connectivity index is 0.946. The predicted molar refractivity (Wildman–Crippen MR) is 253 cm³/mol. The predicted octanol–water partition coefficient (Wildman–Crippen LogP) is 12.4. The van der Waals surface area contributed by atoms with E-state index in [1.54, 1.807) is 13.4 Å². The maximum Gasteiger partial charge on any atom is 0.334 e. The lowest BCUT2D eigenvalue weighted by Gasteiger charge is -2.52. The first-order chi connectivity index (χ1) is 32.1.